The van der Waals surface area contributed by atoms with Crippen molar-refractivity contribution in [3.8, 4) is 0 Å². The third kappa shape index (κ3) is 21.7. The zero-order valence-corrected chi connectivity index (χ0v) is 40.2. The lowest BCUT2D eigenvalue weighted by Gasteiger charge is -2.42. The molecule has 0 aromatic rings. The van der Waals surface area contributed by atoms with Crippen molar-refractivity contribution in [3.63, 3.8) is 0 Å². The van der Waals surface area contributed by atoms with Crippen LogP contribution in [0.3, 0.4) is 0 Å². The van der Waals surface area contributed by atoms with E-state index in [9.17, 15) is 84.1 Å². The van der Waals surface area contributed by atoms with E-state index in [1.165, 1.54) is 64.2 Å². The summed E-state index contributed by atoms with van der Waals surface area (Å²) in [4.78, 5) is 10.1. The quantitative estimate of drug-likeness (QED) is 0.0216. The number of allylic oxidation sites excluding steroid dienone is 2. The smallest absolute Gasteiger partial charge is 0.379 e. The summed E-state index contributed by atoms with van der Waals surface area (Å²) >= 11 is 0. The Balaban J connectivity index is 4.84. The molecular weight excluding hydrogens is 980 g/mol. The first-order valence-electron chi connectivity index (χ1n) is 23.1. The van der Waals surface area contributed by atoms with Crippen LogP contribution in [-0.4, -0.2) is 124 Å². The lowest BCUT2D eigenvalue weighted by atomic mass is 9.89. The van der Waals surface area contributed by atoms with E-state index < -0.39 is 74.1 Å². The topological polar surface area (TPSA) is 74.2 Å². The number of rotatable bonds is 42. The van der Waals surface area contributed by atoms with Gasteiger partial charge in [-0.25, -0.2) is 4.57 Å². The molecule has 0 saturated carbocycles. The van der Waals surface area contributed by atoms with Gasteiger partial charge in [0.2, 0.25) is 0 Å². The Morgan fingerprint density at radius 3 is 1.29 bits per heavy atom. The molecule has 0 aromatic carbocycles. The summed E-state index contributed by atoms with van der Waals surface area (Å²) < 4.78 is 263. The Labute approximate surface area is 389 Å². The van der Waals surface area contributed by atoms with Gasteiger partial charge in [-0.1, -0.05) is 129 Å². The van der Waals surface area contributed by atoms with Gasteiger partial charge >= 0.3 is 55.5 Å². The molecule has 1 unspecified atom stereocenters. The number of unbranched alkanes of at least 4 members (excludes halogenated alkanes) is 20. The van der Waals surface area contributed by atoms with Gasteiger partial charge < -0.3 is 18.9 Å². The molecule has 408 valence electrons. The average Bonchev–Trinajstić information content (AvgIpc) is 3.21. The van der Waals surface area contributed by atoms with Gasteiger partial charge in [0.25, 0.3) is 0 Å². The zero-order chi connectivity index (χ0) is 52.6. The van der Waals surface area contributed by atoms with Crippen LogP contribution in [0.5, 0.6) is 0 Å². The highest BCUT2D eigenvalue weighted by molar-refractivity contribution is 7.47. The van der Waals surface area contributed by atoms with Gasteiger partial charge in [-0.2, -0.15) is 74.6 Å². The third-order valence-electron chi connectivity index (χ3n) is 10.8. The van der Waals surface area contributed by atoms with Crippen molar-refractivity contribution in [2.75, 3.05) is 60.7 Å². The normalized spacial score (nSPS) is 15.7. The molecule has 68 heavy (non-hydrogen) atoms. The average molecular weight is 1050 g/mol. The fraction of sp³-hybridized carbons (Fsp3) is 0.953. The van der Waals surface area contributed by atoms with E-state index in [2.05, 4.69) is 6.92 Å². The van der Waals surface area contributed by atoms with Crippen molar-refractivity contribution in [2.45, 2.75) is 202 Å². The molecule has 2 atom stereocenters. The molecule has 0 heterocycles. The molecule has 1 N–H and O–H groups in total. The minimum Gasteiger partial charge on any atom is -0.379 e. The van der Waals surface area contributed by atoms with E-state index in [-0.39, 0.29) is 45.3 Å². The maximum absolute atomic E-state index is 14.1. The predicted octanol–water partition coefficient (Wildman–Crippen LogP) is 15.4. The maximum Gasteiger partial charge on any atom is 0.472 e. The number of phosphoric ester groups is 1. The Morgan fingerprint density at radius 1 is 0.485 bits per heavy atom. The second-order valence-corrected chi connectivity index (χ2v) is 19.5. The lowest BCUT2D eigenvalue weighted by molar-refractivity contribution is -0.870. The molecular formula is C43H72F17NO6P+. The highest BCUT2D eigenvalue weighted by atomic mass is 31.2. The molecule has 0 spiro atoms. The summed E-state index contributed by atoms with van der Waals surface area (Å²) in [5, 5.41) is 0. The van der Waals surface area contributed by atoms with Gasteiger partial charge in [-0.05, 0) is 31.8 Å². The number of hydrogen-bond acceptors (Lipinski definition) is 5. The summed E-state index contributed by atoms with van der Waals surface area (Å²) in [6, 6.07) is 0. The molecule has 0 aliphatic heterocycles. The highest BCUT2D eigenvalue weighted by Gasteiger charge is 2.95. The Morgan fingerprint density at radius 2 is 0.868 bits per heavy atom. The summed E-state index contributed by atoms with van der Waals surface area (Å²) in [6.45, 7) is 3.05. The van der Waals surface area contributed by atoms with E-state index in [1.807, 2.05) is 21.1 Å². The Kier molecular flexibility index (Phi) is 29.3. The van der Waals surface area contributed by atoms with Crippen LogP contribution in [-0.2, 0) is 23.1 Å². The third-order valence-corrected chi connectivity index (χ3v) is 11.8. The van der Waals surface area contributed by atoms with Crippen LogP contribution in [0.4, 0.5) is 74.6 Å². The minimum absolute atomic E-state index is 0.0204. The predicted molar refractivity (Wildman–Crippen MR) is 222 cm³/mol. The van der Waals surface area contributed by atoms with Crippen molar-refractivity contribution in [2.24, 2.45) is 0 Å². The Hall–Kier alpha value is -1.46. The SMILES string of the molecule is CCCCCCCCCCCCCCCCO[C@H](COCCCCCCCCC/C=C/C(F)(F)C(F)(F)C(F)(F)C(F)(F)C(F)(F)C(F)(F)C(F)(F)C(F)(F)F)COP(=O)(O)OCC[N+](C)(C)C. The van der Waals surface area contributed by atoms with Crippen LogP contribution in [0.25, 0.3) is 0 Å². The number of ether oxygens (including phenoxy) is 2. The van der Waals surface area contributed by atoms with Crippen molar-refractivity contribution >= 4 is 7.82 Å². The molecule has 0 bridgehead atoms. The zero-order valence-electron chi connectivity index (χ0n) is 39.3. The highest BCUT2D eigenvalue weighted by Crippen LogP contribution is 2.64. The van der Waals surface area contributed by atoms with E-state index in [1.54, 1.807) is 0 Å². The summed E-state index contributed by atoms with van der Waals surface area (Å²) in [5.74, 6) is -56.5. The first-order valence-corrected chi connectivity index (χ1v) is 24.6. The van der Waals surface area contributed by atoms with Crippen LogP contribution in [0.2, 0.25) is 0 Å². The fourth-order valence-corrected chi connectivity index (χ4v) is 7.15. The van der Waals surface area contributed by atoms with Crippen molar-refractivity contribution in [1.82, 2.24) is 0 Å². The lowest BCUT2D eigenvalue weighted by Crippen LogP contribution is -2.74. The fourth-order valence-electron chi connectivity index (χ4n) is 6.41. The van der Waals surface area contributed by atoms with E-state index in [0.29, 0.717) is 49.7 Å². The molecule has 0 aliphatic rings. The van der Waals surface area contributed by atoms with E-state index in [0.717, 1.165) is 25.7 Å². The van der Waals surface area contributed by atoms with Gasteiger partial charge in [0.15, 0.2) is 0 Å². The molecule has 25 heteroatoms. The maximum atomic E-state index is 14.1. The monoisotopic (exact) mass is 1050 g/mol. The van der Waals surface area contributed by atoms with Crippen molar-refractivity contribution in [3.05, 3.63) is 12.2 Å². The standard InChI is InChI=1S/C43H71F17NO6P/c1-5-6-7-8-9-10-11-12-13-14-18-21-24-27-31-65-35(34-67-68(62,63)66-32-29-61(2,3)4)33-64-30-26-23-20-17-15-16-19-22-25-28-36(44,45)37(46,47)38(48,49)39(50,51)40(52,53)41(54,55)42(56,57)43(58,59)60/h25,28,35H,5-24,26-27,29-34H2,1-4H3/p+1/b28-25+/t35-/m1/s1. The van der Waals surface area contributed by atoms with Gasteiger partial charge in [-0.3, -0.25) is 9.05 Å². The van der Waals surface area contributed by atoms with Crippen LogP contribution < -0.4 is 0 Å². The molecule has 0 rings (SSSR count). The van der Waals surface area contributed by atoms with Crippen LogP contribution in [0.15, 0.2) is 12.2 Å². The minimum atomic E-state index is -8.65. The summed E-state index contributed by atoms with van der Waals surface area (Å²) in [7, 11) is 1.28. The van der Waals surface area contributed by atoms with Crippen LogP contribution >= 0.6 is 7.82 Å². The first kappa shape index (κ1) is 66.5. The second-order valence-electron chi connectivity index (χ2n) is 18.0. The van der Waals surface area contributed by atoms with Crippen molar-refractivity contribution < 1.29 is 107 Å². The number of likely N-dealkylation sites (N-methyl/N-ethyl adjacent to an activating group) is 1. The molecule has 0 aliphatic carbocycles. The Bertz CT molecular complexity index is 1430. The number of halogens is 17. The van der Waals surface area contributed by atoms with Gasteiger partial charge in [0.1, 0.15) is 19.3 Å². The number of phosphoric acid groups is 1. The van der Waals surface area contributed by atoms with E-state index >= 15 is 0 Å². The summed E-state index contributed by atoms with van der Waals surface area (Å²) in [5.41, 5.74) is 0. The molecule has 0 saturated heterocycles. The van der Waals surface area contributed by atoms with Gasteiger partial charge in [0.05, 0.1) is 34.4 Å². The molecule has 7 nitrogen and oxygen atoms in total. The van der Waals surface area contributed by atoms with Crippen LogP contribution in [0, 0.1) is 0 Å². The number of nitrogens with zero attached hydrogens (tertiary/aromatic N) is 1. The number of hydrogen-bond donors (Lipinski definition) is 1. The second kappa shape index (κ2) is 29.9. The van der Waals surface area contributed by atoms with E-state index in [4.69, 9.17) is 18.5 Å². The molecule has 0 amide bonds. The molecule has 0 fully saturated rings. The van der Waals surface area contributed by atoms with Gasteiger partial charge in [0, 0.05) is 13.2 Å². The first-order chi connectivity index (χ1) is 31.1. The van der Waals surface area contributed by atoms with Crippen LogP contribution in [0.1, 0.15) is 148 Å². The summed E-state index contributed by atoms with van der Waals surface area (Å²) in [6.07, 6.45) is 9.33. The van der Waals surface area contributed by atoms with Crippen molar-refractivity contribution in [1.29, 1.82) is 0 Å². The molecule has 0 aromatic heterocycles. The van der Waals surface area contributed by atoms with Gasteiger partial charge in [-0.15, -0.1) is 0 Å². The number of alkyl halides is 17. The molecule has 0 radical (unpaired) electrons. The number of quaternary nitrogens is 1. The largest absolute Gasteiger partial charge is 0.472 e.